The van der Waals surface area contributed by atoms with Crippen LogP contribution < -0.4 is 5.73 Å². The SMILES string of the molecule is CC(c1ccccc1)C(N)C1CCCCCC1. The normalized spacial score (nSPS) is 21.8. The van der Waals surface area contributed by atoms with Crippen LogP contribution in [0, 0.1) is 5.92 Å². The molecule has 0 bridgehead atoms. The number of hydrogen-bond donors (Lipinski definition) is 1. The lowest BCUT2D eigenvalue weighted by Crippen LogP contribution is -2.34. The topological polar surface area (TPSA) is 26.0 Å². The zero-order chi connectivity index (χ0) is 12.1. The lowest BCUT2D eigenvalue weighted by molar-refractivity contribution is 0.341. The first kappa shape index (κ1) is 12.6. The van der Waals surface area contributed by atoms with Crippen molar-refractivity contribution in [2.75, 3.05) is 0 Å². The predicted molar refractivity (Wildman–Crippen MR) is 74.0 cm³/mol. The van der Waals surface area contributed by atoms with Crippen LogP contribution in [0.3, 0.4) is 0 Å². The summed E-state index contributed by atoms with van der Waals surface area (Å²) in [6.45, 7) is 2.28. The Labute approximate surface area is 105 Å². The maximum Gasteiger partial charge on any atom is 0.0134 e. The van der Waals surface area contributed by atoms with Gasteiger partial charge in [0.05, 0.1) is 0 Å². The Bertz CT molecular complexity index is 312. The van der Waals surface area contributed by atoms with Gasteiger partial charge in [-0.3, -0.25) is 0 Å². The summed E-state index contributed by atoms with van der Waals surface area (Å²) < 4.78 is 0. The van der Waals surface area contributed by atoms with Gasteiger partial charge in [-0.1, -0.05) is 62.9 Å². The molecule has 0 amide bonds. The molecule has 2 N–H and O–H groups in total. The first-order chi connectivity index (χ1) is 8.29. The lowest BCUT2D eigenvalue weighted by Gasteiger charge is -2.28. The van der Waals surface area contributed by atoms with E-state index in [0.29, 0.717) is 12.0 Å². The average molecular weight is 231 g/mol. The van der Waals surface area contributed by atoms with Gasteiger partial charge in [0.2, 0.25) is 0 Å². The van der Waals surface area contributed by atoms with Crippen molar-refractivity contribution in [1.29, 1.82) is 0 Å². The van der Waals surface area contributed by atoms with E-state index in [4.69, 9.17) is 5.73 Å². The predicted octanol–water partition coefficient (Wildman–Crippen LogP) is 4.09. The molecule has 1 saturated carbocycles. The van der Waals surface area contributed by atoms with Gasteiger partial charge in [-0.2, -0.15) is 0 Å². The molecule has 17 heavy (non-hydrogen) atoms. The number of nitrogens with two attached hydrogens (primary N) is 1. The maximum absolute atomic E-state index is 6.49. The van der Waals surface area contributed by atoms with Crippen molar-refractivity contribution in [1.82, 2.24) is 0 Å². The Morgan fingerprint density at radius 1 is 1.00 bits per heavy atom. The van der Waals surface area contributed by atoms with Gasteiger partial charge in [-0.05, 0) is 30.2 Å². The van der Waals surface area contributed by atoms with E-state index in [1.165, 1.54) is 44.1 Å². The number of rotatable bonds is 3. The minimum absolute atomic E-state index is 0.329. The van der Waals surface area contributed by atoms with Crippen molar-refractivity contribution >= 4 is 0 Å². The van der Waals surface area contributed by atoms with E-state index in [1.54, 1.807) is 0 Å². The minimum Gasteiger partial charge on any atom is -0.327 e. The monoisotopic (exact) mass is 231 g/mol. The van der Waals surface area contributed by atoms with Gasteiger partial charge in [0, 0.05) is 6.04 Å². The van der Waals surface area contributed by atoms with Gasteiger partial charge in [0.1, 0.15) is 0 Å². The molecule has 94 valence electrons. The second-order valence-electron chi connectivity index (χ2n) is 5.53. The zero-order valence-electron chi connectivity index (χ0n) is 10.9. The van der Waals surface area contributed by atoms with E-state index in [1.807, 2.05) is 0 Å². The van der Waals surface area contributed by atoms with E-state index in [9.17, 15) is 0 Å². The Kier molecular flexibility index (Phi) is 4.61. The highest BCUT2D eigenvalue weighted by Gasteiger charge is 2.24. The smallest absolute Gasteiger partial charge is 0.0134 e. The third kappa shape index (κ3) is 3.32. The summed E-state index contributed by atoms with van der Waals surface area (Å²) in [5.74, 6) is 1.21. The van der Waals surface area contributed by atoms with Crippen LogP contribution in [0.2, 0.25) is 0 Å². The molecule has 1 aromatic carbocycles. The summed E-state index contributed by atoms with van der Waals surface area (Å²) in [5.41, 5.74) is 7.89. The highest BCUT2D eigenvalue weighted by molar-refractivity contribution is 5.20. The van der Waals surface area contributed by atoms with Crippen molar-refractivity contribution in [3.05, 3.63) is 35.9 Å². The van der Waals surface area contributed by atoms with Gasteiger partial charge in [-0.15, -0.1) is 0 Å². The molecule has 1 aromatic rings. The van der Waals surface area contributed by atoms with E-state index in [2.05, 4.69) is 37.3 Å². The van der Waals surface area contributed by atoms with E-state index in [-0.39, 0.29) is 0 Å². The molecular weight excluding hydrogens is 206 g/mol. The Morgan fingerprint density at radius 3 is 2.18 bits per heavy atom. The van der Waals surface area contributed by atoms with Gasteiger partial charge < -0.3 is 5.73 Å². The summed E-state index contributed by atoms with van der Waals surface area (Å²) in [6.07, 6.45) is 8.22. The Hall–Kier alpha value is -0.820. The summed E-state index contributed by atoms with van der Waals surface area (Å²) in [6, 6.07) is 11.1. The third-order valence-electron chi connectivity index (χ3n) is 4.35. The minimum atomic E-state index is 0.329. The van der Waals surface area contributed by atoms with Gasteiger partial charge in [0.15, 0.2) is 0 Å². The van der Waals surface area contributed by atoms with Crippen molar-refractivity contribution < 1.29 is 0 Å². The maximum atomic E-state index is 6.49. The largest absolute Gasteiger partial charge is 0.327 e. The van der Waals surface area contributed by atoms with Gasteiger partial charge in [0.25, 0.3) is 0 Å². The molecule has 0 aliphatic heterocycles. The molecule has 1 heteroatoms. The Balaban J connectivity index is 2.00. The lowest BCUT2D eigenvalue weighted by atomic mass is 9.82. The summed E-state index contributed by atoms with van der Waals surface area (Å²) in [4.78, 5) is 0. The van der Waals surface area contributed by atoms with Crippen molar-refractivity contribution in [3.63, 3.8) is 0 Å². The van der Waals surface area contributed by atoms with Gasteiger partial charge >= 0.3 is 0 Å². The standard InChI is InChI=1S/C16H25N/c1-13(14-9-7-4-8-10-14)16(17)15-11-5-2-3-6-12-15/h4,7-10,13,15-16H,2-3,5-6,11-12,17H2,1H3. The molecule has 0 radical (unpaired) electrons. The fourth-order valence-electron chi connectivity index (χ4n) is 3.08. The molecule has 0 spiro atoms. The second-order valence-corrected chi connectivity index (χ2v) is 5.53. The summed E-state index contributed by atoms with van der Waals surface area (Å²) in [5, 5.41) is 0. The second kappa shape index (κ2) is 6.20. The fraction of sp³-hybridized carbons (Fsp3) is 0.625. The van der Waals surface area contributed by atoms with Crippen LogP contribution in [0.5, 0.6) is 0 Å². The molecule has 0 aromatic heterocycles. The van der Waals surface area contributed by atoms with Crippen molar-refractivity contribution in [2.45, 2.75) is 57.4 Å². The average Bonchev–Trinajstić information content (AvgIpc) is 2.67. The van der Waals surface area contributed by atoms with Crippen molar-refractivity contribution in [2.24, 2.45) is 11.7 Å². The highest BCUT2D eigenvalue weighted by atomic mass is 14.7. The Morgan fingerprint density at radius 2 is 1.59 bits per heavy atom. The third-order valence-corrected chi connectivity index (χ3v) is 4.35. The molecule has 2 atom stereocenters. The van der Waals surface area contributed by atoms with Crippen LogP contribution in [-0.4, -0.2) is 6.04 Å². The van der Waals surface area contributed by atoms with Crippen LogP contribution in [0.15, 0.2) is 30.3 Å². The van der Waals surface area contributed by atoms with Crippen LogP contribution in [0.4, 0.5) is 0 Å². The highest BCUT2D eigenvalue weighted by Crippen LogP contribution is 2.31. The molecule has 2 unspecified atom stereocenters. The van der Waals surface area contributed by atoms with E-state index >= 15 is 0 Å². The fourth-order valence-corrected chi connectivity index (χ4v) is 3.08. The molecule has 0 heterocycles. The molecular formula is C16H25N. The molecule has 1 aliphatic carbocycles. The van der Waals surface area contributed by atoms with Crippen LogP contribution in [0.25, 0.3) is 0 Å². The molecule has 1 fully saturated rings. The van der Waals surface area contributed by atoms with Crippen molar-refractivity contribution in [3.8, 4) is 0 Å². The van der Waals surface area contributed by atoms with Crippen LogP contribution >= 0.6 is 0 Å². The molecule has 1 nitrogen and oxygen atoms in total. The summed E-state index contributed by atoms with van der Waals surface area (Å²) >= 11 is 0. The zero-order valence-corrected chi connectivity index (χ0v) is 10.9. The van der Waals surface area contributed by atoms with Gasteiger partial charge in [-0.25, -0.2) is 0 Å². The number of hydrogen-bond acceptors (Lipinski definition) is 1. The molecule has 1 aliphatic rings. The van der Waals surface area contributed by atoms with E-state index < -0.39 is 0 Å². The number of benzene rings is 1. The molecule has 0 saturated heterocycles. The van der Waals surface area contributed by atoms with Crippen LogP contribution in [-0.2, 0) is 0 Å². The quantitative estimate of drug-likeness (QED) is 0.779. The first-order valence-electron chi connectivity index (χ1n) is 7.09. The van der Waals surface area contributed by atoms with E-state index in [0.717, 1.165) is 5.92 Å². The first-order valence-corrected chi connectivity index (χ1v) is 7.09. The molecule has 2 rings (SSSR count). The van der Waals surface area contributed by atoms with Crippen LogP contribution in [0.1, 0.15) is 56.9 Å². The summed E-state index contributed by atoms with van der Waals surface area (Å²) in [7, 11) is 0.